The summed E-state index contributed by atoms with van der Waals surface area (Å²) < 4.78 is 11.1. The number of nitrogens with one attached hydrogen (secondary N) is 1. The Labute approximate surface area is 178 Å². The number of rotatable bonds is 7. The van der Waals surface area contributed by atoms with Gasteiger partial charge in [-0.15, -0.1) is 10.2 Å². The van der Waals surface area contributed by atoms with E-state index in [2.05, 4.69) is 25.7 Å². The SMILES string of the molecule is COc1cc(C)ccc1Oc1ccc(NC(=O)Cn2nnc(-c3ccccc3)n2)cn1. The van der Waals surface area contributed by atoms with Crippen molar-refractivity contribution < 1.29 is 14.3 Å². The lowest BCUT2D eigenvalue weighted by Crippen LogP contribution is -2.20. The minimum Gasteiger partial charge on any atom is -0.493 e. The molecule has 9 heteroatoms. The molecule has 0 saturated heterocycles. The third-order valence-corrected chi connectivity index (χ3v) is 4.32. The molecule has 9 nitrogen and oxygen atoms in total. The maximum absolute atomic E-state index is 12.3. The molecule has 156 valence electrons. The highest BCUT2D eigenvalue weighted by Gasteiger charge is 2.11. The van der Waals surface area contributed by atoms with Gasteiger partial charge in [0.15, 0.2) is 11.5 Å². The van der Waals surface area contributed by atoms with Gasteiger partial charge < -0.3 is 14.8 Å². The van der Waals surface area contributed by atoms with Gasteiger partial charge in [-0.25, -0.2) is 4.98 Å². The van der Waals surface area contributed by atoms with E-state index in [1.165, 1.54) is 11.0 Å². The number of ether oxygens (including phenoxy) is 2. The summed E-state index contributed by atoms with van der Waals surface area (Å²) in [4.78, 5) is 17.8. The first-order valence-corrected chi connectivity index (χ1v) is 9.52. The standard InChI is InChI=1S/C22H20N6O3/c1-15-8-10-18(19(12-15)30-2)31-21-11-9-17(13-23-21)24-20(29)14-28-26-22(25-27-28)16-6-4-3-5-7-16/h3-13H,14H2,1-2H3,(H,24,29). The Morgan fingerprint density at radius 3 is 2.65 bits per heavy atom. The van der Waals surface area contributed by atoms with Crippen molar-refractivity contribution in [3.05, 3.63) is 72.4 Å². The van der Waals surface area contributed by atoms with Crippen molar-refractivity contribution in [2.45, 2.75) is 13.5 Å². The van der Waals surface area contributed by atoms with Gasteiger partial charge >= 0.3 is 0 Å². The van der Waals surface area contributed by atoms with E-state index in [0.29, 0.717) is 28.9 Å². The zero-order chi connectivity index (χ0) is 21.6. The van der Waals surface area contributed by atoms with Gasteiger partial charge in [-0.1, -0.05) is 36.4 Å². The maximum Gasteiger partial charge on any atom is 0.248 e. The van der Waals surface area contributed by atoms with E-state index < -0.39 is 0 Å². The monoisotopic (exact) mass is 416 g/mol. The van der Waals surface area contributed by atoms with Crippen LogP contribution in [0.2, 0.25) is 0 Å². The summed E-state index contributed by atoms with van der Waals surface area (Å²) in [7, 11) is 1.58. The van der Waals surface area contributed by atoms with Gasteiger partial charge in [0.1, 0.15) is 6.54 Å². The number of carbonyl (C=O) groups is 1. The lowest BCUT2D eigenvalue weighted by Gasteiger charge is -2.10. The number of hydrogen-bond acceptors (Lipinski definition) is 7. The van der Waals surface area contributed by atoms with Crippen LogP contribution in [0.5, 0.6) is 17.4 Å². The summed E-state index contributed by atoms with van der Waals surface area (Å²) in [5, 5.41) is 14.9. The summed E-state index contributed by atoms with van der Waals surface area (Å²) >= 11 is 0. The average molecular weight is 416 g/mol. The van der Waals surface area contributed by atoms with Crippen LogP contribution in [0.15, 0.2) is 66.9 Å². The molecule has 0 aliphatic heterocycles. The third kappa shape index (κ3) is 5.02. The first kappa shape index (κ1) is 20.0. The predicted molar refractivity (Wildman–Crippen MR) is 114 cm³/mol. The summed E-state index contributed by atoms with van der Waals surface area (Å²) in [6.07, 6.45) is 1.51. The fourth-order valence-electron chi connectivity index (χ4n) is 2.83. The van der Waals surface area contributed by atoms with Crippen LogP contribution in [-0.4, -0.2) is 38.2 Å². The van der Waals surface area contributed by atoms with Crippen molar-refractivity contribution in [1.29, 1.82) is 0 Å². The van der Waals surface area contributed by atoms with Crippen molar-refractivity contribution >= 4 is 11.6 Å². The number of nitrogens with zero attached hydrogens (tertiary/aromatic N) is 5. The minimum atomic E-state index is -0.298. The molecule has 0 fully saturated rings. The number of aromatic nitrogens is 5. The molecule has 0 spiro atoms. The maximum atomic E-state index is 12.3. The fraction of sp³-hybridized carbons (Fsp3) is 0.136. The number of benzene rings is 2. The van der Waals surface area contributed by atoms with E-state index in [4.69, 9.17) is 9.47 Å². The number of tetrazole rings is 1. The number of anilines is 1. The summed E-state index contributed by atoms with van der Waals surface area (Å²) in [6, 6.07) is 18.4. The van der Waals surface area contributed by atoms with Crippen molar-refractivity contribution in [3.63, 3.8) is 0 Å². The molecule has 0 radical (unpaired) electrons. The van der Waals surface area contributed by atoms with E-state index in [9.17, 15) is 4.79 Å². The van der Waals surface area contributed by atoms with Crippen LogP contribution in [-0.2, 0) is 11.3 Å². The lowest BCUT2D eigenvalue weighted by molar-refractivity contribution is -0.117. The highest BCUT2D eigenvalue weighted by atomic mass is 16.5. The fourth-order valence-corrected chi connectivity index (χ4v) is 2.83. The average Bonchev–Trinajstić information content (AvgIpc) is 3.25. The van der Waals surface area contributed by atoms with Crippen molar-refractivity contribution in [1.82, 2.24) is 25.2 Å². The minimum absolute atomic E-state index is 0.0708. The summed E-state index contributed by atoms with van der Waals surface area (Å²) in [6.45, 7) is 1.90. The molecule has 0 bridgehead atoms. The molecule has 0 saturated carbocycles. The zero-order valence-electron chi connectivity index (χ0n) is 17.0. The smallest absolute Gasteiger partial charge is 0.248 e. The van der Waals surface area contributed by atoms with Crippen LogP contribution in [0.25, 0.3) is 11.4 Å². The van der Waals surface area contributed by atoms with Crippen molar-refractivity contribution in [3.8, 4) is 28.8 Å². The van der Waals surface area contributed by atoms with Gasteiger partial charge in [-0.05, 0) is 35.9 Å². The molecule has 0 atom stereocenters. The van der Waals surface area contributed by atoms with E-state index in [0.717, 1.165) is 11.1 Å². The Kier molecular flexibility index (Phi) is 5.84. The highest BCUT2D eigenvalue weighted by Crippen LogP contribution is 2.31. The van der Waals surface area contributed by atoms with Crippen molar-refractivity contribution in [2.24, 2.45) is 0 Å². The van der Waals surface area contributed by atoms with Gasteiger partial charge in [0, 0.05) is 11.6 Å². The molecular weight excluding hydrogens is 396 g/mol. The van der Waals surface area contributed by atoms with Crippen molar-refractivity contribution in [2.75, 3.05) is 12.4 Å². The van der Waals surface area contributed by atoms with E-state index in [1.807, 2.05) is 55.5 Å². The third-order valence-electron chi connectivity index (χ3n) is 4.32. The van der Waals surface area contributed by atoms with Crippen LogP contribution in [0.3, 0.4) is 0 Å². The number of pyridine rings is 1. The largest absolute Gasteiger partial charge is 0.493 e. The number of methoxy groups -OCH3 is 1. The van der Waals surface area contributed by atoms with Gasteiger partial charge in [-0.3, -0.25) is 4.79 Å². The number of hydrogen-bond donors (Lipinski definition) is 1. The first-order chi connectivity index (χ1) is 15.1. The second kappa shape index (κ2) is 9.04. The van der Waals surface area contributed by atoms with Crippen LogP contribution in [0.1, 0.15) is 5.56 Å². The zero-order valence-corrected chi connectivity index (χ0v) is 17.0. The Morgan fingerprint density at radius 2 is 1.90 bits per heavy atom. The van der Waals surface area contributed by atoms with Gasteiger partial charge in [0.2, 0.25) is 17.6 Å². The summed E-state index contributed by atoms with van der Waals surface area (Å²) in [5.74, 6) is 1.72. The van der Waals surface area contributed by atoms with E-state index in [-0.39, 0.29) is 12.5 Å². The van der Waals surface area contributed by atoms with E-state index >= 15 is 0 Å². The molecular formula is C22H20N6O3. The molecule has 0 unspecified atom stereocenters. The second-order valence-corrected chi connectivity index (χ2v) is 6.70. The molecule has 0 aliphatic carbocycles. The normalized spacial score (nSPS) is 10.5. The molecule has 2 aromatic heterocycles. The van der Waals surface area contributed by atoms with E-state index in [1.54, 1.807) is 19.2 Å². The second-order valence-electron chi connectivity index (χ2n) is 6.70. The molecule has 1 N–H and O–H groups in total. The van der Waals surface area contributed by atoms with Crippen LogP contribution in [0.4, 0.5) is 5.69 Å². The van der Waals surface area contributed by atoms with Gasteiger partial charge in [-0.2, -0.15) is 4.80 Å². The molecule has 1 amide bonds. The van der Waals surface area contributed by atoms with Crippen LogP contribution < -0.4 is 14.8 Å². The first-order valence-electron chi connectivity index (χ1n) is 9.52. The summed E-state index contributed by atoms with van der Waals surface area (Å²) in [5.41, 5.74) is 2.42. The lowest BCUT2D eigenvalue weighted by atomic mass is 10.2. The molecule has 4 rings (SSSR count). The Balaban J connectivity index is 1.36. The number of aryl methyl sites for hydroxylation is 1. The topological polar surface area (TPSA) is 104 Å². The Hall–Kier alpha value is -4.27. The van der Waals surface area contributed by atoms with Crippen LogP contribution in [0, 0.1) is 6.92 Å². The molecule has 2 heterocycles. The number of carbonyl (C=O) groups excluding carboxylic acids is 1. The molecule has 0 aliphatic rings. The highest BCUT2D eigenvalue weighted by molar-refractivity contribution is 5.90. The van der Waals surface area contributed by atoms with Gasteiger partial charge in [0.25, 0.3) is 0 Å². The Morgan fingerprint density at radius 1 is 1.06 bits per heavy atom. The number of amides is 1. The molecule has 31 heavy (non-hydrogen) atoms. The Bertz CT molecular complexity index is 1180. The quantitative estimate of drug-likeness (QED) is 0.492. The molecule has 4 aromatic rings. The predicted octanol–water partition coefficient (Wildman–Crippen LogP) is 3.48. The van der Waals surface area contributed by atoms with Crippen LogP contribution >= 0.6 is 0 Å². The van der Waals surface area contributed by atoms with Gasteiger partial charge in [0.05, 0.1) is 19.0 Å². The molecule has 2 aromatic carbocycles.